The molecule has 92 valence electrons. The lowest BCUT2D eigenvalue weighted by molar-refractivity contribution is -0.122. The Morgan fingerprint density at radius 2 is 1.81 bits per heavy atom. The molecule has 0 bridgehead atoms. The van der Waals surface area contributed by atoms with Gasteiger partial charge in [-0.2, -0.15) is 0 Å². The van der Waals surface area contributed by atoms with Crippen molar-refractivity contribution in [2.24, 2.45) is 11.8 Å². The maximum atomic E-state index is 11.3. The van der Waals surface area contributed by atoms with Gasteiger partial charge in [-0.1, -0.05) is 0 Å². The fourth-order valence-corrected chi connectivity index (χ4v) is 2.95. The van der Waals surface area contributed by atoms with E-state index in [1.165, 1.54) is 32.5 Å². The number of Topliss-reactive ketones (excluding diaryl/α,β-unsaturated/α-hetero) is 1. The third-order valence-electron chi connectivity index (χ3n) is 4.14. The Labute approximate surface area is 98.6 Å². The predicted molar refractivity (Wildman–Crippen MR) is 65.4 cm³/mol. The Kier molecular flexibility index (Phi) is 4.36. The first-order valence-electron chi connectivity index (χ1n) is 6.69. The summed E-state index contributed by atoms with van der Waals surface area (Å²) in [6.45, 7) is 7.64. The lowest BCUT2D eigenvalue weighted by Crippen LogP contribution is -2.41. The number of likely N-dealkylation sites (tertiary alicyclic amines) is 1. The molecule has 0 aromatic rings. The first-order valence-corrected chi connectivity index (χ1v) is 6.69. The van der Waals surface area contributed by atoms with Gasteiger partial charge in [-0.05, 0) is 64.7 Å². The quantitative estimate of drug-likeness (QED) is 0.784. The molecule has 2 rings (SSSR count). The van der Waals surface area contributed by atoms with E-state index in [4.69, 9.17) is 0 Å². The van der Waals surface area contributed by atoms with E-state index in [1.54, 1.807) is 6.92 Å². The number of hydrogen-bond acceptors (Lipinski definition) is 3. The number of carbonyl (C=O) groups excluding carboxylic acids is 1. The summed E-state index contributed by atoms with van der Waals surface area (Å²) >= 11 is 0. The van der Waals surface area contributed by atoms with E-state index >= 15 is 0 Å². The Hall–Kier alpha value is -0.410. The molecule has 2 saturated heterocycles. The highest BCUT2D eigenvalue weighted by atomic mass is 16.1. The van der Waals surface area contributed by atoms with Gasteiger partial charge in [0.05, 0.1) is 0 Å². The van der Waals surface area contributed by atoms with Gasteiger partial charge < -0.3 is 10.2 Å². The van der Waals surface area contributed by atoms with Crippen molar-refractivity contribution in [3.05, 3.63) is 0 Å². The smallest absolute Gasteiger partial charge is 0.133 e. The molecule has 16 heavy (non-hydrogen) atoms. The van der Waals surface area contributed by atoms with Gasteiger partial charge in [-0.3, -0.25) is 4.79 Å². The molecule has 2 fully saturated rings. The van der Waals surface area contributed by atoms with Crippen molar-refractivity contribution >= 4 is 5.78 Å². The monoisotopic (exact) mass is 224 g/mol. The Morgan fingerprint density at radius 3 is 2.38 bits per heavy atom. The molecule has 0 radical (unpaired) electrons. The number of hydrogen-bond donors (Lipinski definition) is 1. The second-order valence-corrected chi connectivity index (χ2v) is 5.38. The second kappa shape index (κ2) is 5.78. The number of ketones is 1. The van der Waals surface area contributed by atoms with Crippen LogP contribution in [0.2, 0.25) is 0 Å². The Bertz CT molecular complexity index is 228. The van der Waals surface area contributed by atoms with Crippen LogP contribution in [0.25, 0.3) is 0 Å². The van der Waals surface area contributed by atoms with Crippen LogP contribution in [-0.2, 0) is 4.79 Å². The van der Waals surface area contributed by atoms with Crippen molar-refractivity contribution < 1.29 is 4.79 Å². The number of piperidine rings is 2. The van der Waals surface area contributed by atoms with Crippen LogP contribution in [0.1, 0.15) is 32.6 Å². The average molecular weight is 224 g/mol. The van der Waals surface area contributed by atoms with Crippen molar-refractivity contribution in [1.29, 1.82) is 0 Å². The third kappa shape index (κ3) is 3.29. The van der Waals surface area contributed by atoms with Crippen LogP contribution in [0, 0.1) is 11.8 Å². The van der Waals surface area contributed by atoms with Crippen molar-refractivity contribution in [3.63, 3.8) is 0 Å². The zero-order chi connectivity index (χ0) is 11.4. The predicted octanol–water partition coefficient (Wildman–Crippen LogP) is 1.29. The highest BCUT2D eigenvalue weighted by Gasteiger charge is 2.24. The molecule has 0 aliphatic carbocycles. The molecular weight excluding hydrogens is 200 g/mol. The van der Waals surface area contributed by atoms with E-state index in [1.807, 2.05) is 0 Å². The maximum absolute atomic E-state index is 11.3. The summed E-state index contributed by atoms with van der Waals surface area (Å²) in [7, 11) is 0. The molecule has 0 amide bonds. The van der Waals surface area contributed by atoms with Crippen LogP contribution in [0.3, 0.4) is 0 Å². The molecule has 2 aliphatic heterocycles. The minimum atomic E-state index is 0.351. The lowest BCUT2D eigenvalue weighted by atomic mass is 9.91. The first-order chi connectivity index (χ1) is 7.75. The Morgan fingerprint density at radius 1 is 1.19 bits per heavy atom. The van der Waals surface area contributed by atoms with Crippen LogP contribution in [0.5, 0.6) is 0 Å². The van der Waals surface area contributed by atoms with Crippen molar-refractivity contribution in [2.75, 3.05) is 32.7 Å². The lowest BCUT2D eigenvalue weighted by Gasteiger charge is -2.34. The summed E-state index contributed by atoms with van der Waals surface area (Å²) in [5.74, 6) is 1.63. The molecule has 3 heteroatoms. The standard InChI is InChI=1S/C13H24N2O/c1-11(16)13-4-8-15(9-5-13)10-12-2-6-14-7-3-12/h12-14H,2-10H2,1H3. The largest absolute Gasteiger partial charge is 0.317 e. The van der Waals surface area contributed by atoms with E-state index in [-0.39, 0.29) is 0 Å². The van der Waals surface area contributed by atoms with E-state index in [0.29, 0.717) is 11.7 Å². The Balaban J connectivity index is 1.70. The first kappa shape index (κ1) is 12.1. The summed E-state index contributed by atoms with van der Waals surface area (Å²) in [5, 5.41) is 3.41. The van der Waals surface area contributed by atoms with Crippen molar-refractivity contribution in [1.82, 2.24) is 10.2 Å². The van der Waals surface area contributed by atoms with Crippen molar-refractivity contribution in [3.8, 4) is 0 Å². The van der Waals surface area contributed by atoms with E-state index < -0.39 is 0 Å². The number of nitrogens with one attached hydrogen (secondary N) is 1. The molecule has 0 aromatic carbocycles. The molecule has 0 saturated carbocycles. The summed E-state index contributed by atoms with van der Waals surface area (Å²) in [6, 6.07) is 0. The van der Waals surface area contributed by atoms with Crippen LogP contribution < -0.4 is 5.32 Å². The fraction of sp³-hybridized carbons (Fsp3) is 0.923. The summed E-state index contributed by atoms with van der Waals surface area (Å²) in [5.41, 5.74) is 0. The van der Waals surface area contributed by atoms with Crippen LogP contribution in [-0.4, -0.2) is 43.4 Å². The summed E-state index contributed by atoms with van der Waals surface area (Å²) < 4.78 is 0. The normalized spacial score (nSPS) is 25.8. The molecule has 0 aromatic heterocycles. The van der Waals surface area contributed by atoms with Gasteiger partial charge >= 0.3 is 0 Å². The zero-order valence-electron chi connectivity index (χ0n) is 10.4. The number of nitrogens with zero attached hydrogens (tertiary/aromatic N) is 1. The topological polar surface area (TPSA) is 32.3 Å². The summed E-state index contributed by atoms with van der Waals surface area (Å²) in [6.07, 6.45) is 4.82. The van der Waals surface area contributed by atoms with Crippen LogP contribution >= 0.6 is 0 Å². The molecule has 2 heterocycles. The SMILES string of the molecule is CC(=O)C1CCN(CC2CCNCC2)CC1. The van der Waals surface area contributed by atoms with E-state index in [0.717, 1.165) is 31.8 Å². The van der Waals surface area contributed by atoms with Gasteiger partial charge in [0.2, 0.25) is 0 Å². The van der Waals surface area contributed by atoms with Crippen LogP contribution in [0.4, 0.5) is 0 Å². The fourth-order valence-electron chi connectivity index (χ4n) is 2.95. The molecule has 0 unspecified atom stereocenters. The maximum Gasteiger partial charge on any atom is 0.133 e. The number of carbonyl (C=O) groups is 1. The van der Waals surface area contributed by atoms with Gasteiger partial charge in [0, 0.05) is 12.5 Å². The van der Waals surface area contributed by atoms with E-state index in [9.17, 15) is 4.79 Å². The minimum absolute atomic E-state index is 0.351. The second-order valence-electron chi connectivity index (χ2n) is 5.38. The van der Waals surface area contributed by atoms with Crippen molar-refractivity contribution in [2.45, 2.75) is 32.6 Å². The molecule has 2 aliphatic rings. The van der Waals surface area contributed by atoms with Gasteiger partial charge in [-0.25, -0.2) is 0 Å². The number of rotatable bonds is 3. The molecule has 1 N–H and O–H groups in total. The van der Waals surface area contributed by atoms with Gasteiger partial charge in [0.1, 0.15) is 5.78 Å². The molecule has 3 nitrogen and oxygen atoms in total. The van der Waals surface area contributed by atoms with Gasteiger partial charge in [0.25, 0.3) is 0 Å². The zero-order valence-corrected chi connectivity index (χ0v) is 10.4. The van der Waals surface area contributed by atoms with E-state index in [2.05, 4.69) is 10.2 Å². The summed E-state index contributed by atoms with van der Waals surface area (Å²) in [4.78, 5) is 13.8. The third-order valence-corrected chi connectivity index (χ3v) is 4.14. The average Bonchev–Trinajstić information content (AvgIpc) is 2.31. The molecule has 0 spiro atoms. The van der Waals surface area contributed by atoms with Gasteiger partial charge in [0.15, 0.2) is 0 Å². The minimum Gasteiger partial charge on any atom is -0.317 e. The highest BCUT2D eigenvalue weighted by Crippen LogP contribution is 2.21. The van der Waals surface area contributed by atoms with Crippen LogP contribution in [0.15, 0.2) is 0 Å². The molecular formula is C13H24N2O. The van der Waals surface area contributed by atoms with Gasteiger partial charge in [-0.15, -0.1) is 0 Å². The highest BCUT2D eigenvalue weighted by molar-refractivity contribution is 5.78. The molecule has 0 atom stereocenters.